The molecule has 0 heterocycles. The highest BCUT2D eigenvalue weighted by molar-refractivity contribution is 5.94. The molecule has 0 saturated heterocycles. The number of hydrogen-bond acceptors (Lipinski definition) is 5. The van der Waals surface area contributed by atoms with Gasteiger partial charge < -0.3 is 9.84 Å². The highest BCUT2D eigenvalue weighted by atomic mass is 16.6. The predicted molar refractivity (Wildman–Crippen MR) is 62.6 cm³/mol. The van der Waals surface area contributed by atoms with Crippen LogP contribution in [0.3, 0.4) is 0 Å². The van der Waals surface area contributed by atoms with Crippen LogP contribution in [0, 0.1) is 27.9 Å². The van der Waals surface area contributed by atoms with Crippen LogP contribution >= 0.6 is 0 Å². The molecule has 0 aliphatic rings. The first-order chi connectivity index (χ1) is 8.29. The van der Waals surface area contributed by atoms with Crippen molar-refractivity contribution in [3.8, 4) is 0 Å². The monoisotopic (exact) mass is 261 g/mol. The summed E-state index contributed by atoms with van der Waals surface area (Å²) in [7, 11) is 0. The van der Waals surface area contributed by atoms with Crippen LogP contribution in [-0.4, -0.2) is 35.1 Å². The van der Waals surface area contributed by atoms with Crippen molar-refractivity contribution >= 4 is 11.9 Å². The van der Waals surface area contributed by atoms with Gasteiger partial charge in [0, 0.05) is 10.8 Å². The zero-order chi connectivity index (χ0) is 14.3. The maximum Gasteiger partial charge on any atom is 0.320 e. The molecule has 0 aromatic carbocycles. The van der Waals surface area contributed by atoms with Gasteiger partial charge in [0.25, 0.3) is 0 Å². The van der Waals surface area contributed by atoms with Gasteiger partial charge >= 0.3 is 11.9 Å². The summed E-state index contributed by atoms with van der Waals surface area (Å²) in [5, 5.41) is 19.6. The summed E-state index contributed by atoms with van der Waals surface area (Å²) in [4.78, 5) is 32.6. The van der Waals surface area contributed by atoms with Crippen LogP contribution in [0.5, 0.6) is 0 Å². The van der Waals surface area contributed by atoms with Crippen molar-refractivity contribution in [2.75, 3.05) is 13.2 Å². The average molecular weight is 261 g/mol. The Bertz CT molecular complexity index is 315. The quantitative estimate of drug-likeness (QED) is 0.304. The van der Waals surface area contributed by atoms with Crippen LogP contribution in [0.4, 0.5) is 0 Å². The van der Waals surface area contributed by atoms with Crippen molar-refractivity contribution < 1.29 is 24.4 Å². The summed E-state index contributed by atoms with van der Waals surface area (Å²) in [6.07, 6.45) is 0.288. The number of aliphatic carboxylic acids is 1. The topological polar surface area (TPSA) is 107 Å². The molecule has 7 heteroatoms. The maximum atomic E-state index is 11.6. The minimum atomic E-state index is -1.47. The number of esters is 1. The minimum absolute atomic E-state index is 0.0511. The molecule has 7 nitrogen and oxygen atoms in total. The van der Waals surface area contributed by atoms with Gasteiger partial charge in [-0.25, -0.2) is 0 Å². The van der Waals surface area contributed by atoms with E-state index in [0.717, 1.165) is 0 Å². The van der Waals surface area contributed by atoms with Crippen molar-refractivity contribution in [2.24, 2.45) is 17.8 Å². The van der Waals surface area contributed by atoms with Crippen molar-refractivity contribution in [3.63, 3.8) is 0 Å². The van der Waals surface area contributed by atoms with E-state index in [-0.39, 0.29) is 18.9 Å². The fourth-order valence-electron chi connectivity index (χ4n) is 1.84. The van der Waals surface area contributed by atoms with Crippen LogP contribution in [0.1, 0.15) is 27.2 Å². The minimum Gasteiger partial charge on any atom is -0.481 e. The van der Waals surface area contributed by atoms with Gasteiger partial charge in [-0.3, -0.25) is 19.7 Å². The van der Waals surface area contributed by atoms with E-state index < -0.39 is 35.2 Å². The average Bonchev–Trinajstić information content (AvgIpc) is 2.14. The second kappa shape index (κ2) is 7.62. The summed E-state index contributed by atoms with van der Waals surface area (Å²) < 4.78 is 4.67. The van der Waals surface area contributed by atoms with Crippen molar-refractivity contribution in [1.29, 1.82) is 0 Å². The number of carboxylic acid groups (broad SMARTS) is 1. The molecule has 0 rings (SSSR count). The third-order valence-electron chi connectivity index (χ3n) is 2.44. The van der Waals surface area contributed by atoms with E-state index in [1.807, 2.05) is 13.8 Å². The van der Waals surface area contributed by atoms with Gasteiger partial charge in [-0.05, 0) is 19.3 Å². The second-order valence-electron chi connectivity index (χ2n) is 4.47. The highest BCUT2D eigenvalue weighted by Crippen LogP contribution is 2.23. The van der Waals surface area contributed by atoms with E-state index in [1.165, 1.54) is 0 Å². The molecule has 18 heavy (non-hydrogen) atoms. The van der Waals surface area contributed by atoms with Gasteiger partial charge in [-0.15, -0.1) is 0 Å². The summed E-state index contributed by atoms with van der Waals surface area (Å²) in [5.74, 6) is -4.54. The summed E-state index contributed by atoms with van der Waals surface area (Å²) in [6, 6.07) is 0. The number of ether oxygens (including phenoxy) is 1. The lowest BCUT2D eigenvalue weighted by Crippen LogP contribution is -2.37. The van der Waals surface area contributed by atoms with Gasteiger partial charge in [0.05, 0.1) is 6.61 Å². The van der Waals surface area contributed by atoms with Crippen molar-refractivity contribution in [1.82, 2.24) is 0 Å². The summed E-state index contributed by atoms with van der Waals surface area (Å²) in [6.45, 7) is 4.69. The van der Waals surface area contributed by atoms with Crippen LogP contribution in [-0.2, 0) is 14.3 Å². The van der Waals surface area contributed by atoms with E-state index in [1.54, 1.807) is 6.92 Å². The molecule has 0 aromatic rings. The third kappa shape index (κ3) is 5.60. The Labute approximate surface area is 105 Å². The molecule has 0 fully saturated rings. The predicted octanol–water partition coefficient (Wildman–Crippen LogP) is 1.19. The van der Waals surface area contributed by atoms with E-state index in [0.29, 0.717) is 0 Å². The van der Waals surface area contributed by atoms with Gasteiger partial charge in [0.15, 0.2) is 5.92 Å². The Balaban J connectivity index is 5.01. The number of carboxylic acids is 1. The van der Waals surface area contributed by atoms with E-state index in [2.05, 4.69) is 4.74 Å². The molecular weight excluding hydrogens is 242 g/mol. The highest BCUT2D eigenvalue weighted by Gasteiger charge is 2.39. The van der Waals surface area contributed by atoms with Gasteiger partial charge in [0.2, 0.25) is 6.54 Å². The van der Waals surface area contributed by atoms with Crippen molar-refractivity contribution in [3.05, 3.63) is 10.1 Å². The molecular formula is C11H19NO6. The van der Waals surface area contributed by atoms with E-state index >= 15 is 0 Å². The number of carbonyl (C=O) groups is 2. The molecule has 0 aromatic heterocycles. The lowest BCUT2D eigenvalue weighted by Gasteiger charge is -2.20. The smallest absolute Gasteiger partial charge is 0.320 e. The second-order valence-corrected chi connectivity index (χ2v) is 4.47. The fourth-order valence-corrected chi connectivity index (χ4v) is 1.84. The first-order valence-electron chi connectivity index (χ1n) is 5.80. The summed E-state index contributed by atoms with van der Waals surface area (Å²) in [5.41, 5.74) is 0. The largest absolute Gasteiger partial charge is 0.481 e. The van der Waals surface area contributed by atoms with Gasteiger partial charge in [-0.2, -0.15) is 0 Å². The molecule has 0 saturated carbocycles. The molecule has 2 atom stereocenters. The molecule has 0 aliphatic heterocycles. The zero-order valence-electron chi connectivity index (χ0n) is 10.8. The lowest BCUT2D eigenvalue weighted by molar-refractivity contribution is -0.489. The number of nitrogens with zero attached hydrogens (tertiary/aromatic N) is 1. The number of rotatable bonds is 8. The molecule has 104 valence electrons. The first-order valence-corrected chi connectivity index (χ1v) is 5.80. The zero-order valence-corrected chi connectivity index (χ0v) is 10.8. The third-order valence-corrected chi connectivity index (χ3v) is 2.44. The van der Waals surface area contributed by atoms with Gasteiger partial charge in [0.1, 0.15) is 0 Å². The number of hydrogen-bond donors (Lipinski definition) is 1. The Morgan fingerprint density at radius 3 is 2.28 bits per heavy atom. The summed E-state index contributed by atoms with van der Waals surface area (Å²) >= 11 is 0. The Morgan fingerprint density at radius 2 is 1.94 bits per heavy atom. The Kier molecular flexibility index (Phi) is 6.92. The van der Waals surface area contributed by atoms with Crippen LogP contribution in [0.25, 0.3) is 0 Å². The molecule has 0 bridgehead atoms. The molecule has 1 N–H and O–H groups in total. The number of carbonyl (C=O) groups excluding carboxylic acids is 1. The van der Waals surface area contributed by atoms with Crippen LogP contribution < -0.4 is 0 Å². The SMILES string of the molecule is CCOC(=O)C(C(=O)O)C(CC(C)C)C[N+](=O)[O-]. The van der Waals surface area contributed by atoms with Crippen LogP contribution in [0.15, 0.2) is 0 Å². The van der Waals surface area contributed by atoms with Crippen LogP contribution in [0.2, 0.25) is 0 Å². The standard InChI is InChI=1S/C11H19NO6/c1-4-18-11(15)9(10(13)14)8(5-7(2)3)6-12(16)17/h7-9H,4-6H2,1-3H3,(H,13,14). The maximum absolute atomic E-state index is 11.6. The van der Waals surface area contributed by atoms with Gasteiger partial charge in [-0.1, -0.05) is 13.8 Å². The normalized spacial score (nSPS) is 14.0. The Morgan fingerprint density at radius 1 is 1.39 bits per heavy atom. The van der Waals surface area contributed by atoms with E-state index in [9.17, 15) is 19.7 Å². The van der Waals surface area contributed by atoms with E-state index in [4.69, 9.17) is 5.11 Å². The molecule has 0 amide bonds. The molecule has 0 radical (unpaired) electrons. The molecule has 0 spiro atoms. The first kappa shape index (κ1) is 16.3. The fraction of sp³-hybridized carbons (Fsp3) is 0.818. The molecule has 2 unspecified atom stereocenters. The number of nitro groups is 1. The molecule has 0 aliphatic carbocycles. The Hall–Kier alpha value is -1.66. The van der Waals surface area contributed by atoms with Crippen molar-refractivity contribution in [2.45, 2.75) is 27.2 Å². The lowest BCUT2D eigenvalue weighted by atomic mass is 9.85.